The van der Waals surface area contributed by atoms with Gasteiger partial charge in [-0.3, -0.25) is 0 Å². The number of nitrogens with zero attached hydrogens (tertiary/aromatic N) is 1. The van der Waals surface area contributed by atoms with Crippen LogP contribution in [-0.4, -0.2) is 29.4 Å². The van der Waals surface area contributed by atoms with E-state index in [9.17, 15) is 18.3 Å². The van der Waals surface area contributed by atoms with Crippen molar-refractivity contribution in [3.05, 3.63) is 95.9 Å². The maximum atomic E-state index is 14.6. The minimum absolute atomic E-state index is 0.131. The van der Waals surface area contributed by atoms with Gasteiger partial charge in [-0.05, 0) is 49.0 Å². The summed E-state index contributed by atoms with van der Waals surface area (Å²) >= 11 is 0. The van der Waals surface area contributed by atoms with Crippen LogP contribution < -0.4 is 5.32 Å². The van der Waals surface area contributed by atoms with Gasteiger partial charge in [-0.15, -0.1) is 0 Å². The van der Waals surface area contributed by atoms with Gasteiger partial charge in [-0.2, -0.15) is 0 Å². The van der Waals surface area contributed by atoms with Crippen LogP contribution in [0.2, 0.25) is 0 Å². The highest BCUT2D eigenvalue weighted by molar-refractivity contribution is 5.96. The number of nitrogens with one attached hydrogen (secondary N) is 1. The molecule has 0 aliphatic heterocycles. The van der Waals surface area contributed by atoms with Crippen LogP contribution in [0.25, 0.3) is 22.0 Å². The lowest BCUT2D eigenvalue weighted by Gasteiger charge is -2.26. The molecule has 6 heteroatoms. The van der Waals surface area contributed by atoms with E-state index in [-0.39, 0.29) is 12.1 Å². The van der Waals surface area contributed by atoms with Gasteiger partial charge >= 0.3 is 0 Å². The van der Waals surface area contributed by atoms with E-state index in [0.717, 1.165) is 23.7 Å². The molecule has 0 saturated carbocycles. The van der Waals surface area contributed by atoms with Crippen molar-refractivity contribution in [1.29, 1.82) is 0 Å². The number of hydrogen-bond donors (Lipinski definition) is 2. The normalized spacial score (nSPS) is 13.5. The second-order valence-electron chi connectivity index (χ2n) is 7.22. The Labute approximate surface area is 172 Å². The van der Waals surface area contributed by atoms with Gasteiger partial charge in [0.25, 0.3) is 0 Å². The average molecular weight is 410 g/mol. The number of rotatable bonds is 6. The lowest BCUT2D eigenvalue weighted by molar-refractivity contribution is 0.132. The molecule has 0 aliphatic rings. The van der Waals surface area contributed by atoms with E-state index in [2.05, 4.69) is 5.32 Å². The molecular weight excluding hydrogens is 389 g/mol. The predicted molar refractivity (Wildman–Crippen MR) is 112 cm³/mol. The first kappa shape index (κ1) is 20.2. The molecule has 2 N–H and O–H groups in total. The number of benzene rings is 3. The number of aliphatic hydroxyl groups excluding tert-OH is 1. The second kappa shape index (κ2) is 8.34. The molecule has 0 amide bonds. The van der Waals surface area contributed by atoms with Gasteiger partial charge in [0.2, 0.25) is 0 Å². The standard InChI is InChI=1S/C24H21F3N2O/c1-28-13-23(30)24(15-5-4-6-16(25)11-15)29-14-20(18-7-2-3-8-22(18)29)19-12-17(26)9-10-21(19)27/h2-12,14,23-24,28,30H,13H2,1H3/t23-,24+/m1/s1. The van der Waals surface area contributed by atoms with Crippen LogP contribution in [0.4, 0.5) is 13.2 Å². The Morgan fingerprint density at radius 3 is 2.43 bits per heavy atom. The van der Waals surface area contributed by atoms with Gasteiger partial charge in [0.05, 0.1) is 12.1 Å². The number of fused-ring (bicyclic) bond motifs is 1. The van der Waals surface area contributed by atoms with E-state index in [1.54, 1.807) is 29.9 Å². The van der Waals surface area contributed by atoms with Crippen LogP contribution in [0.15, 0.2) is 72.9 Å². The van der Waals surface area contributed by atoms with E-state index in [1.165, 1.54) is 12.1 Å². The summed E-state index contributed by atoms with van der Waals surface area (Å²) in [5.41, 5.74) is 1.93. The number of halogens is 3. The molecule has 4 aromatic rings. The van der Waals surface area contributed by atoms with Crippen molar-refractivity contribution in [2.75, 3.05) is 13.6 Å². The first-order valence-electron chi connectivity index (χ1n) is 9.62. The fourth-order valence-electron chi connectivity index (χ4n) is 3.93. The van der Waals surface area contributed by atoms with Crippen molar-refractivity contribution in [2.45, 2.75) is 12.1 Å². The molecule has 0 unspecified atom stereocenters. The van der Waals surface area contributed by atoms with Gasteiger partial charge in [0.15, 0.2) is 0 Å². The molecule has 1 heterocycles. The summed E-state index contributed by atoms with van der Waals surface area (Å²) in [6.45, 7) is 0.261. The topological polar surface area (TPSA) is 37.2 Å². The quantitative estimate of drug-likeness (QED) is 0.475. The molecule has 2 atom stereocenters. The fourth-order valence-corrected chi connectivity index (χ4v) is 3.93. The minimum atomic E-state index is -0.891. The van der Waals surface area contributed by atoms with E-state index < -0.39 is 29.6 Å². The number of likely N-dealkylation sites (N-methyl/N-ethyl adjacent to an activating group) is 1. The van der Waals surface area contributed by atoms with Crippen molar-refractivity contribution in [3.8, 4) is 11.1 Å². The third kappa shape index (κ3) is 3.72. The van der Waals surface area contributed by atoms with Crippen molar-refractivity contribution in [3.63, 3.8) is 0 Å². The van der Waals surface area contributed by atoms with Crippen LogP contribution in [-0.2, 0) is 0 Å². The summed E-state index contributed by atoms with van der Waals surface area (Å²) in [6.07, 6.45) is 0.801. The number of hydrogen-bond acceptors (Lipinski definition) is 2. The highest BCUT2D eigenvalue weighted by atomic mass is 19.1. The third-order valence-corrected chi connectivity index (χ3v) is 5.23. The summed E-state index contributed by atoms with van der Waals surface area (Å²) in [5.74, 6) is -1.50. The van der Waals surface area contributed by atoms with Gasteiger partial charge in [0, 0.05) is 34.8 Å². The lowest BCUT2D eigenvalue weighted by Crippen LogP contribution is -2.33. The molecule has 0 fully saturated rings. The molecule has 30 heavy (non-hydrogen) atoms. The van der Waals surface area contributed by atoms with Crippen LogP contribution in [0, 0.1) is 17.5 Å². The van der Waals surface area contributed by atoms with Crippen LogP contribution in [0.5, 0.6) is 0 Å². The maximum Gasteiger partial charge on any atom is 0.131 e. The van der Waals surface area contributed by atoms with Crippen LogP contribution >= 0.6 is 0 Å². The lowest BCUT2D eigenvalue weighted by atomic mass is 10.0. The Morgan fingerprint density at radius 2 is 1.67 bits per heavy atom. The highest BCUT2D eigenvalue weighted by Crippen LogP contribution is 2.36. The smallest absolute Gasteiger partial charge is 0.131 e. The first-order chi connectivity index (χ1) is 14.5. The Bertz CT molecular complexity index is 1190. The Hall–Kier alpha value is -3.09. The van der Waals surface area contributed by atoms with Crippen LogP contribution in [0.3, 0.4) is 0 Å². The Kier molecular flexibility index (Phi) is 5.61. The molecule has 0 spiro atoms. The Balaban J connectivity index is 1.97. The fraction of sp³-hybridized carbons (Fsp3) is 0.167. The number of para-hydroxylation sites is 1. The molecule has 0 saturated heterocycles. The minimum Gasteiger partial charge on any atom is -0.389 e. The van der Waals surface area contributed by atoms with Gasteiger partial charge < -0.3 is 15.0 Å². The van der Waals surface area contributed by atoms with Crippen LogP contribution in [0.1, 0.15) is 11.6 Å². The molecule has 0 aliphatic carbocycles. The predicted octanol–water partition coefficient (Wildman–Crippen LogP) is 4.90. The summed E-state index contributed by atoms with van der Waals surface area (Å²) in [6, 6.07) is 16.0. The first-order valence-corrected chi connectivity index (χ1v) is 9.62. The van der Waals surface area contributed by atoms with E-state index >= 15 is 0 Å². The summed E-state index contributed by atoms with van der Waals surface area (Å²) < 4.78 is 44.2. The molecule has 3 aromatic carbocycles. The zero-order valence-electron chi connectivity index (χ0n) is 16.3. The van der Waals surface area contributed by atoms with Crippen molar-refractivity contribution in [2.24, 2.45) is 0 Å². The van der Waals surface area contributed by atoms with E-state index in [4.69, 9.17) is 0 Å². The van der Waals surface area contributed by atoms with Gasteiger partial charge in [-0.25, -0.2) is 13.2 Å². The van der Waals surface area contributed by atoms with Gasteiger partial charge in [-0.1, -0.05) is 30.3 Å². The molecule has 0 bridgehead atoms. The largest absolute Gasteiger partial charge is 0.389 e. The summed E-state index contributed by atoms with van der Waals surface area (Å²) in [4.78, 5) is 0. The molecule has 1 aromatic heterocycles. The van der Waals surface area contributed by atoms with Crippen molar-refractivity contribution < 1.29 is 18.3 Å². The monoisotopic (exact) mass is 410 g/mol. The number of aromatic nitrogens is 1. The van der Waals surface area contributed by atoms with E-state index in [0.29, 0.717) is 16.5 Å². The van der Waals surface area contributed by atoms with Crippen molar-refractivity contribution in [1.82, 2.24) is 9.88 Å². The number of aliphatic hydroxyl groups is 1. The van der Waals surface area contributed by atoms with E-state index in [1.807, 2.05) is 24.3 Å². The average Bonchev–Trinajstić information content (AvgIpc) is 3.10. The highest BCUT2D eigenvalue weighted by Gasteiger charge is 2.26. The molecule has 154 valence electrons. The molecule has 4 rings (SSSR count). The summed E-state index contributed by atoms with van der Waals surface area (Å²) in [5, 5.41) is 14.6. The zero-order valence-corrected chi connectivity index (χ0v) is 16.3. The zero-order chi connectivity index (χ0) is 21.3. The SMILES string of the molecule is CNC[C@@H](O)[C@H](c1cccc(F)c1)n1cc(-c2cc(F)ccc2F)c2ccccc21. The molecular formula is C24H21F3N2O. The Morgan fingerprint density at radius 1 is 0.900 bits per heavy atom. The summed E-state index contributed by atoms with van der Waals surface area (Å²) in [7, 11) is 1.72. The maximum absolute atomic E-state index is 14.6. The van der Waals surface area contributed by atoms with Crippen molar-refractivity contribution >= 4 is 10.9 Å². The molecule has 0 radical (unpaired) electrons. The molecule has 3 nitrogen and oxygen atoms in total. The second-order valence-corrected chi connectivity index (χ2v) is 7.22. The third-order valence-electron chi connectivity index (χ3n) is 5.23. The van der Waals surface area contributed by atoms with Gasteiger partial charge in [0.1, 0.15) is 17.5 Å².